The lowest BCUT2D eigenvalue weighted by Gasteiger charge is -2.05. The van der Waals surface area contributed by atoms with Gasteiger partial charge in [0.2, 0.25) is 0 Å². The molecule has 4 nitrogen and oxygen atoms in total. The lowest BCUT2D eigenvalue weighted by atomic mass is 10.1. The molecule has 1 aromatic rings. The maximum atomic E-state index is 11.2. The van der Waals surface area contributed by atoms with Crippen LogP contribution in [-0.4, -0.2) is 10.7 Å². The number of hydrogen-bond acceptors (Lipinski definition) is 3. The number of nitro groups is 1. The number of carbonyl (C=O) groups is 1. The Morgan fingerprint density at radius 3 is 2.27 bits per heavy atom. The number of nitrogens with zero attached hydrogens (tertiary/aromatic N) is 1. The van der Waals surface area contributed by atoms with Crippen LogP contribution in [-0.2, 0) is 0 Å². The van der Waals surface area contributed by atoms with Gasteiger partial charge in [0, 0.05) is 10.0 Å². The van der Waals surface area contributed by atoms with Gasteiger partial charge in [0.25, 0.3) is 5.69 Å². The van der Waals surface area contributed by atoms with Crippen molar-refractivity contribution in [2.24, 2.45) is 0 Å². The minimum Gasteiger partial charge on any atom is -0.294 e. The molecule has 0 saturated heterocycles. The molecule has 0 bridgehead atoms. The summed E-state index contributed by atoms with van der Waals surface area (Å²) in [6.45, 7) is 1.39. The maximum Gasteiger partial charge on any atom is 0.298 e. The maximum absolute atomic E-state index is 11.2. The average Bonchev–Trinajstić information content (AvgIpc) is 2.10. The van der Waals surface area contributed by atoms with E-state index in [1.54, 1.807) is 0 Å². The fourth-order valence-electron chi connectivity index (χ4n) is 1.01. The van der Waals surface area contributed by atoms with Gasteiger partial charge in [-0.15, -0.1) is 0 Å². The Kier molecular flexibility index (Phi) is 4.02. The standard InChI is InChI=1S/C8H4Br3NO3/c1-3(13)4-2-5(9)8(12(14)15)7(11)6(4)10/h2H,1H3. The molecule has 0 heterocycles. The SMILES string of the molecule is CC(=O)c1cc(Br)c([N+](=O)[O-])c(Br)c1Br. The Balaban J connectivity index is 3.58. The molecule has 0 aliphatic carbocycles. The largest absolute Gasteiger partial charge is 0.298 e. The molecule has 0 spiro atoms. The van der Waals surface area contributed by atoms with E-state index in [2.05, 4.69) is 47.8 Å². The van der Waals surface area contributed by atoms with E-state index < -0.39 is 4.92 Å². The molecule has 0 aliphatic heterocycles. The van der Waals surface area contributed by atoms with E-state index in [-0.39, 0.29) is 20.4 Å². The van der Waals surface area contributed by atoms with Crippen molar-refractivity contribution >= 4 is 59.3 Å². The summed E-state index contributed by atoms with van der Waals surface area (Å²) in [4.78, 5) is 21.4. The molecular weight excluding hydrogens is 398 g/mol. The number of benzene rings is 1. The molecule has 0 fully saturated rings. The van der Waals surface area contributed by atoms with Gasteiger partial charge in [0.15, 0.2) is 5.78 Å². The van der Waals surface area contributed by atoms with Gasteiger partial charge in [-0.2, -0.15) is 0 Å². The highest BCUT2D eigenvalue weighted by atomic mass is 79.9. The molecule has 15 heavy (non-hydrogen) atoms. The topological polar surface area (TPSA) is 60.2 Å². The third-order valence-electron chi connectivity index (χ3n) is 1.70. The minimum atomic E-state index is -0.525. The summed E-state index contributed by atoms with van der Waals surface area (Å²) in [5.41, 5.74) is 0.284. The second-order valence-electron chi connectivity index (χ2n) is 2.70. The highest BCUT2D eigenvalue weighted by molar-refractivity contribution is 9.13. The molecule has 1 rings (SSSR count). The summed E-state index contributed by atoms with van der Waals surface area (Å²) < 4.78 is 0.921. The van der Waals surface area contributed by atoms with Crippen molar-refractivity contribution in [3.05, 3.63) is 35.2 Å². The first-order valence-corrected chi connectivity index (χ1v) is 6.07. The van der Waals surface area contributed by atoms with Gasteiger partial charge in [-0.25, -0.2) is 0 Å². The predicted molar refractivity (Wildman–Crippen MR) is 66.2 cm³/mol. The van der Waals surface area contributed by atoms with Crippen LogP contribution in [0.1, 0.15) is 17.3 Å². The molecule has 7 heteroatoms. The Morgan fingerprint density at radius 1 is 1.33 bits per heavy atom. The van der Waals surface area contributed by atoms with Gasteiger partial charge in [-0.1, -0.05) is 0 Å². The van der Waals surface area contributed by atoms with E-state index in [1.165, 1.54) is 13.0 Å². The van der Waals surface area contributed by atoms with Gasteiger partial charge < -0.3 is 0 Å². The summed E-state index contributed by atoms with van der Waals surface area (Å²) in [6.07, 6.45) is 0. The number of nitro benzene ring substituents is 1. The van der Waals surface area contributed by atoms with Crippen molar-refractivity contribution in [2.75, 3.05) is 0 Å². The first-order chi connectivity index (χ1) is 6.86. The average molecular weight is 402 g/mol. The van der Waals surface area contributed by atoms with Crippen LogP contribution in [0.4, 0.5) is 5.69 Å². The molecule has 1 aromatic carbocycles. The number of hydrogen-bond donors (Lipinski definition) is 0. The Morgan fingerprint density at radius 2 is 1.87 bits per heavy atom. The summed E-state index contributed by atoms with van der Waals surface area (Å²) in [7, 11) is 0. The van der Waals surface area contributed by atoms with Gasteiger partial charge in [-0.3, -0.25) is 14.9 Å². The molecule has 0 amide bonds. The molecule has 80 valence electrons. The van der Waals surface area contributed by atoms with Crippen molar-refractivity contribution in [1.29, 1.82) is 0 Å². The number of Topliss-reactive ketones (excluding diaryl/α,β-unsaturated/α-hetero) is 1. The van der Waals surface area contributed by atoms with Crippen LogP contribution in [0, 0.1) is 10.1 Å². The van der Waals surface area contributed by atoms with E-state index in [0.717, 1.165) is 0 Å². The normalized spacial score (nSPS) is 10.1. The molecular formula is C8H4Br3NO3. The van der Waals surface area contributed by atoms with E-state index in [4.69, 9.17) is 0 Å². The molecule has 0 aromatic heterocycles. The van der Waals surface area contributed by atoms with Crippen LogP contribution in [0.15, 0.2) is 19.5 Å². The summed E-state index contributed by atoms with van der Waals surface area (Å²) >= 11 is 9.28. The van der Waals surface area contributed by atoms with Crippen LogP contribution < -0.4 is 0 Å². The Labute approximate surface area is 111 Å². The fourth-order valence-corrected chi connectivity index (χ4v) is 3.00. The number of rotatable bonds is 2. The van der Waals surface area contributed by atoms with Crippen LogP contribution in [0.3, 0.4) is 0 Å². The summed E-state index contributed by atoms with van der Waals surface area (Å²) in [5.74, 6) is -0.168. The zero-order chi connectivity index (χ0) is 11.7. The molecule has 0 radical (unpaired) electrons. The number of ketones is 1. The number of carbonyl (C=O) groups excluding carboxylic acids is 1. The zero-order valence-corrected chi connectivity index (χ0v) is 12.1. The van der Waals surface area contributed by atoms with Crippen molar-refractivity contribution in [1.82, 2.24) is 0 Å². The predicted octanol–water partition coefficient (Wildman–Crippen LogP) is 4.08. The second kappa shape index (κ2) is 4.71. The molecule has 0 N–H and O–H groups in total. The fraction of sp³-hybridized carbons (Fsp3) is 0.125. The van der Waals surface area contributed by atoms with Crippen LogP contribution in [0.25, 0.3) is 0 Å². The monoisotopic (exact) mass is 399 g/mol. The third-order valence-corrected chi connectivity index (χ3v) is 4.43. The smallest absolute Gasteiger partial charge is 0.294 e. The van der Waals surface area contributed by atoms with Crippen molar-refractivity contribution in [3.8, 4) is 0 Å². The summed E-state index contributed by atoms with van der Waals surface area (Å²) in [5, 5.41) is 10.7. The highest BCUT2D eigenvalue weighted by Crippen LogP contribution is 2.40. The molecule has 0 saturated carbocycles. The lowest BCUT2D eigenvalue weighted by molar-refractivity contribution is -0.386. The molecule has 0 aliphatic rings. The highest BCUT2D eigenvalue weighted by Gasteiger charge is 2.23. The van der Waals surface area contributed by atoms with Crippen molar-refractivity contribution in [3.63, 3.8) is 0 Å². The third kappa shape index (κ3) is 2.46. The van der Waals surface area contributed by atoms with E-state index in [9.17, 15) is 14.9 Å². The molecule has 0 atom stereocenters. The van der Waals surface area contributed by atoms with Crippen LogP contribution in [0.5, 0.6) is 0 Å². The minimum absolute atomic E-state index is 0.105. The van der Waals surface area contributed by atoms with Crippen molar-refractivity contribution < 1.29 is 9.72 Å². The van der Waals surface area contributed by atoms with Gasteiger partial charge >= 0.3 is 0 Å². The van der Waals surface area contributed by atoms with Crippen LogP contribution >= 0.6 is 47.8 Å². The first kappa shape index (κ1) is 12.8. The van der Waals surface area contributed by atoms with E-state index in [0.29, 0.717) is 10.0 Å². The summed E-state index contributed by atoms with van der Waals surface area (Å²) in [6, 6.07) is 1.43. The van der Waals surface area contributed by atoms with Gasteiger partial charge in [0.1, 0.15) is 4.47 Å². The second-order valence-corrected chi connectivity index (χ2v) is 5.14. The lowest BCUT2D eigenvalue weighted by Crippen LogP contribution is -1.99. The van der Waals surface area contributed by atoms with Crippen molar-refractivity contribution in [2.45, 2.75) is 6.92 Å². The van der Waals surface area contributed by atoms with E-state index in [1.807, 2.05) is 0 Å². The van der Waals surface area contributed by atoms with Crippen LogP contribution in [0.2, 0.25) is 0 Å². The Hall–Kier alpha value is -0.270. The zero-order valence-electron chi connectivity index (χ0n) is 7.38. The van der Waals surface area contributed by atoms with Gasteiger partial charge in [0.05, 0.1) is 9.40 Å². The first-order valence-electron chi connectivity index (χ1n) is 3.69. The molecule has 0 unspecified atom stereocenters. The van der Waals surface area contributed by atoms with Gasteiger partial charge in [-0.05, 0) is 60.8 Å². The Bertz CT molecular complexity index is 459. The quantitative estimate of drug-likeness (QED) is 0.324. The van der Waals surface area contributed by atoms with E-state index >= 15 is 0 Å². The number of halogens is 3.